The molecular weight excluding hydrogens is 418 g/mol. The van der Waals surface area contributed by atoms with Crippen molar-refractivity contribution in [1.82, 2.24) is 20.3 Å². The van der Waals surface area contributed by atoms with Crippen molar-refractivity contribution < 1.29 is 17.9 Å². The molecule has 1 aromatic heterocycles. The summed E-state index contributed by atoms with van der Waals surface area (Å²) >= 11 is 0. The number of guanidine groups is 1. The van der Waals surface area contributed by atoms with Crippen molar-refractivity contribution in [3.8, 4) is 11.5 Å². The summed E-state index contributed by atoms with van der Waals surface area (Å²) < 4.78 is 38.6. The molecule has 1 unspecified atom stereocenters. The summed E-state index contributed by atoms with van der Waals surface area (Å²) in [6.45, 7) is 5.63. The third-order valence-electron chi connectivity index (χ3n) is 4.70. The van der Waals surface area contributed by atoms with Gasteiger partial charge in [0.05, 0.1) is 6.61 Å². The van der Waals surface area contributed by atoms with Crippen LogP contribution in [0.25, 0.3) is 0 Å². The lowest BCUT2D eigenvalue weighted by molar-refractivity contribution is 0.254. The number of ether oxygens (including phenoxy) is 2. The summed E-state index contributed by atoms with van der Waals surface area (Å²) in [5, 5.41) is 6.33. The maximum absolute atomic E-state index is 12.2. The average Bonchev–Trinajstić information content (AvgIpc) is 3.12. The first kappa shape index (κ1) is 22.8. The van der Waals surface area contributed by atoms with Crippen LogP contribution in [-0.4, -0.2) is 52.2 Å². The van der Waals surface area contributed by atoms with Crippen LogP contribution in [0, 0.1) is 0 Å². The predicted octanol–water partition coefficient (Wildman–Crippen LogP) is 1.45. The van der Waals surface area contributed by atoms with Crippen molar-refractivity contribution in [1.29, 1.82) is 0 Å². The molecule has 0 bridgehead atoms. The van der Waals surface area contributed by atoms with Gasteiger partial charge in [0.15, 0.2) is 5.96 Å². The lowest BCUT2D eigenvalue weighted by Gasteiger charge is -2.16. The van der Waals surface area contributed by atoms with E-state index < -0.39 is 10.0 Å². The Hall–Kier alpha value is -2.85. The van der Waals surface area contributed by atoms with Crippen LogP contribution >= 0.6 is 0 Å². The maximum Gasteiger partial charge on any atom is 0.242 e. The van der Waals surface area contributed by atoms with Gasteiger partial charge in [0, 0.05) is 56.6 Å². The Morgan fingerprint density at radius 1 is 1.32 bits per heavy atom. The zero-order valence-corrected chi connectivity index (χ0v) is 18.8. The van der Waals surface area contributed by atoms with Crippen molar-refractivity contribution in [2.75, 3.05) is 26.7 Å². The van der Waals surface area contributed by atoms with E-state index in [0.717, 1.165) is 29.0 Å². The van der Waals surface area contributed by atoms with Gasteiger partial charge < -0.3 is 20.1 Å². The summed E-state index contributed by atoms with van der Waals surface area (Å²) in [5.41, 5.74) is 2.12. The fourth-order valence-electron chi connectivity index (χ4n) is 3.26. The molecule has 0 amide bonds. The second-order valence-electron chi connectivity index (χ2n) is 7.07. The number of nitrogens with one attached hydrogen (secondary N) is 3. The van der Waals surface area contributed by atoms with Crippen molar-refractivity contribution in [2.24, 2.45) is 4.99 Å². The fourth-order valence-corrected chi connectivity index (χ4v) is 4.26. The third kappa shape index (κ3) is 6.08. The quantitative estimate of drug-likeness (QED) is 0.303. The number of rotatable bonds is 9. The molecule has 3 N–H and O–H groups in total. The van der Waals surface area contributed by atoms with Gasteiger partial charge in [0.25, 0.3) is 0 Å². The normalized spacial score (nSPS) is 15.8. The minimum Gasteiger partial charge on any atom is -0.494 e. The Balaban J connectivity index is 1.52. The van der Waals surface area contributed by atoms with Crippen LogP contribution in [0.2, 0.25) is 0 Å². The number of pyridine rings is 1. The number of nitrogens with zero attached hydrogens (tertiary/aromatic N) is 2. The van der Waals surface area contributed by atoms with Gasteiger partial charge in [-0.2, -0.15) is 0 Å². The number of fused-ring (bicyclic) bond motifs is 1. The number of aromatic nitrogens is 1. The first-order valence-electron chi connectivity index (χ1n) is 10.2. The van der Waals surface area contributed by atoms with Crippen molar-refractivity contribution in [2.45, 2.75) is 37.8 Å². The van der Waals surface area contributed by atoms with Crippen LogP contribution in [0.3, 0.4) is 0 Å². The molecule has 0 spiro atoms. The first-order valence-corrected chi connectivity index (χ1v) is 11.7. The molecule has 10 heteroatoms. The Kier molecular flexibility index (Phi) is 7.69. The van der Waals surface area contributed by atoms with E-state index in [1.807, 2.05) is 26.0 Å². The van der Waals surface area contributed by atoms with E-state index in [1.54, 1.807) is 13.1 Å². The van der Waals surface area contributed by atoms with Crippen molar-refractivity contribution in [3.05, 3.63) is 47.8 Å². The summed E-state index contributed by atoms with van der Waals surface area (Å²) in [6.07, 6.45) is 3.88. The van der Waals surface area contributed by atoms with Crippen LogP contribution < -0.4 is 24.8 Å². The molecule has 2 aromatic rings. The van der Waals surface area contributed by atoms with Gasteiger partial charge in [0.1, 0.15) is 22.5 Å². The summed E-state index contributed by atoms with van der Waals surface area (Å²) in [6, 6.07) is 7.13. The predicted molar refractivity (Wildman–Crippen MR) is 119 cm³/mol. The summed E-state index contributed by atoms with van der Waals surface area (Å²) in [7, 11) is -1.93. The molecule has 1 aromatic carbocycles. The minimum absolute atomic E-state index is 0.133. The Morgan fingerprint density at radius 3 is 2.87 bits per heavy atom. The largest absolute Gasteiger partial charge is 0.494 e. The van der Waals surface area contributed by atoms with E-state index in [4.69, 9.17) is 9.47 Å². The van der Waals surface area contributed by atoms with Gasteiger partial charge in [-0.05, 0) is 38.1 Å². The smallest absolute Gasteiger partial charge is 0.242 e. The molecule has 2 heterocycles. The molecule has 0 radical (unpaired) electrons. The molecule has 0 saturated carbocycles. The molecule has 31 heavy (non-hydrogen) atoms. The van der Waals surface area contributed by atoms with E-state index in [1.165, 1.54) is 18.5 Å². The van der Waals surface area contributed by atoms with E-state index in [2.05, 4.69) is 25.3 Å². The van der Waals surface area contributed by atoms with E-state index in [0.29, 0.717) is 25.7 Å². The van der Waals surface area contributed by atoms with E-state index in [-0.39, 0.29) is 17.5 Å². The summed E-state index contributed by atoms with van der Waals surface area (Å²) in [4.78, 5) is 8.16. The molecule has 3 rings (SSSR count). The molecule has 0 aliphatic carbocycles. The number of sulfonamides is 1. The number of hydrogen-bond acceptors (Lipinski definition) is 6. The highest BCUT2D eigenvalue weighted by atomic mass is 32.2. The second kappa shape index (κ2) is 10.5. The molecule has 0 saturated heterocycles. The van der Waals surface area contributed by atoms with Gasteiger partial charge >= 0.3 is 0 Å². The molecule has 1 aliphatic rings. The first-order chi connectivity index (χ1) is 14.9. The van der Waals surface area contributed by atoms with E-state index in [9.17, 15) is 8.42 Å². The molecule has 1 aliphatic heterocycles. The molecule has 1 atom stereocenters. The van der Waals surface area contributed by atoms with Gasteiger partial charge in [-0.25, -0.2) is 13.1 Å². The monoisotopic (exact) mass is 447 g/mol. The van der Waals surface area contributed by atoms with Crippen molar-refractivity contribution in [3.63, 3.8) is 0 Å². The zero-order valence-electron chi connectivity index (χ0n) is 18.0. The number of benzene rings is 1. The van der Waals surface area contributed by atoms with Crippen LogP contribution in [0.15, 0.2) is 46.5 Å². The highest BCUT2D eigenvalue weighted by Crippen LogP contribution is 2.35. The van der Waals surface area contributed by atoms with Gasteiger partial charge in [-0.15, -0.1) is 0 Å². The molecule has 9 nitrogen and oxygen atoms in total. The maximum atomic E-state index is 12.2. The van der Waals surface area contributed by atoms with Gasteiger partial charge in [-0.1, -0.05) is 0 Å². The number of aliphatic imine (C=N–C) groups is 1. The lowest BCUT2D eigenvalue weighted by atomic mass is 10.1. The second-order valence-corrected chi connectivity index (χ2v) is 8.84. The molecular formula is C21H29N5O4S. The van der Waals surface area contributed by atoms with Crippen LogP contribution in [0.5, 0.6) is 11.5 Å². The van der Waals surface area contributed by atoms with Crippen LogP contribution in [0.1, 0.15) is 25.0 Å². The molecule has 168 valence electrons. The third-order valence-corrected chi connectivity index (χ3v) is 6.15. The van der Waals surface area contributed by atoms with Crippen LogP contribution in [-0.2, 0) is 23.0 Å². The average molecular weight is 448 g/mol. The number of hydrogen-bond donors (Lipinski definition) is 3. The standard InChI is InChI=1S/C21H29N5O4S/c1-4-29-19-11-16-10-15(2)30-20(16)12-17(19)13-25-21(22-3)24-8-9-26-31(27,28)18-6-5-7-23-14-18/h5-7,11-12,14-15,26H,4,8-10,13H2,1-3H3,(H2,22,24,25). The fraction of sp³-hybridized carbons (Fsp3) is 0.429. The highest BCUT2D eigenvalue weighted by Gasteiger charge is 2.22. The highest BCUT2D eigenvalue weighted by molar-refractivity contribution is 7.89. The topological polar surface area (TPSA) is 114 Å². The minimum atomic E-state index is -3.59. The SMILES string of the molecule is CCOc1cc2c(cc1CNC(=NC)NCCNS(=O)(=O)c1cccnc1)OC(C)C2. The Morgan fingerprint density at radius 2 is 2.16 bits per heavy atom. The Labute approximate surface area is 183 Å². The van der Waals surface area contributed by atoms with Gasteiger partial charge in [-0.3, -0.25) is 9.98 Å². The van der Waals surface area contributed by atoms with Crippen LogP contribution in [0.4, 0.5) is 0 Å². The molecule has 0 fully saturated rings. The Bertz CT molecular complexity index is 1010. The summed E-state index contributed by atoms with van der Waals surface area (Å²) in [5.74, 6) is 2.27. The van der Waals surface area contributed by atoms with Crippen molar-refractivity contribution >= 4 is 16.0 Å². The van der Waals surface area contributed by atoms with Gasteiger partial charge in [0.2, 0.25) is 10.0 Å². The lowest BCUT2D eigenvalue weighted by Crippen LogP contribution is -2.41. The zero-order chi connectivity index (χ0) is 22.3. The van der Waals surface area contributed by atoms with E-state index >= 15 is 0 Å².